The summed E-state index contributed by atoms with van der Waals surface area (Å²) in [7, 11) is 2.03. The van der Waals surface area contributed by atoms with Crippen LogP contribution in [0.15, 0.2) is 54.2 Å². The summed E-state index contributed by atoms with van der Waals surface area (Å²) < 4.78 is 15.5. The summed E-state index contributed by atoms with van der Waals surface area (Å²) in [5.41, 5.74) is 5.37. The Bertz CT molecular complexity index is 1430. The number of nitrogens with zero attached hydrogens (tertiary/aromatic N) is 4. The van der Waals surface area contributed by atoms with Crippen molar-refractivity contribution in [3.05, 3.63) is 87.5 Å². The Balaban J connectivity index is 1.37. The molecule has 1 aromatic heterocycles. The highest BCUT2D eigenvalue weighted by molar-refractivity contribution is 6.30. The molecule has 0 aliphatic carbocycles. The van der Waals surface area contributed by atoms with Gasteiger partial charge in [0.1, 0.15) is 5.82 Å². The molecular weight excluding hydrogens is 477 g/mol. The van der Waals surface area contributed by atoms with Crippen LogP contribution < -0.4 is 5.32 Å². The van der Waals surface area contributed by atoms with Crippen LogP contribution in [0.1, 0.15) is 28.8 Å². The molecule has 3 heterocycles. The number of carbonyl (C=O) groups excluding carboxylic acids is 1. The van der Waals surface area contributed by atoms with Gasteiger partial charge in [0.15, 0.2) is 0 Å². The van der Waals surface area contributed by atoms with E-state index < -0.39 is 5.82 Å². The van der Waals surface area contributed by atoms with Crippen molar-refractivity contribution in [1.82, 2.24) is 19.7 Å². The maximum Gasteiger partial charge on any atom is 0.326 e. The van der Waals surface area contributed by atoms with Crippen LogP contribution in [0.2, 0.25) is 5.02 Å². The fourth-order valence-corrected chi connectivity index (χ4v) is 5.11. The summed E-state index contributed by atoms with van der Waals surface area (Å²) in [6, 6.07) is 12.3. The Morgan fingerprint density at radius 3 is 2.83 bits per heavy atom. The van der Waals surface area contributed by atoms with E-state index in [9.17, 15) is 14.4 Å². The standard InChI is InChI=1S/C28H27ClFN5O/c1-33-11-8-21(17-33)16-32-28(36)35-26-9-12-34(10-2-3-19-5-7-24(29)25(30)13-19)18-23(26)22-6-4-20(15-31)14-27(22)35/h2-7,13-14,17H,8-12,16,18H2,1H3,(H,32,36)/b3-2+. The predicted octanol–water partition coefficient (Wildman–Crippen LogP) is 5.15. The largest absolute Gasteiger partial charge is 0.380 e. The molecule has 8 heteroatoms. The third-order valence-corrected chi connectivity index (χ3v) is 7.14. The molecule has 2 aliphatic rings. The zero-order valence-corrected chi connectivity index (χ0v) is 20.9. The van der Waals surface area contributed by atoms with E-state index in [-0.39, 0.29) is 11.1 Å². The number of nitriles is 1. The van der Waals surface area contributed by atoms with E-state index in [4.69, 9.17) is 11.6 Å². The summed E-state index contributed by atoms with van der Waals surface area (Å²) in [5.74, 6) is -0.430. The van der Waals surface area contributed by atoms with Crippen LogP contribution in [0.25, 0.3) is 17.0 Å². The number of hydrogen-bond acceptors (Lipinski definition) is 4. The lowest BCUT2D eigenvalue weighted by Crippen LogP contribution is -2.35. The average Bonchev–Trinajstić information content (AvgIpc) is 3.44. The first-order valence-corrected chi connectivity index (χ1v) is 12.4. The number of amides is 1. The van der Waals surface area contributed by atoms with Crippen LogP contribution in [0.4, 0.5) is 9.18 Å². The van der Waals surface area contributed by atoms with Crippen LogP contribution in [0, 0.1) is 17.1 Å². The molecule has 0 atom stereocenters. The molecule has 3 aromatic rings. The van der Waals surface area contributed by atoms with E-state index in [0.29, 0.717) is 31.6 Å². The fraction of sp³-hybridized carbons (Fsp3) is 0.286. The normalized spacial score (nSPS) is 15.8. The van der Waals surface area contributed by atoms with Crippen molar-refractivity contribution in [2.24, 2.45) is 0 Å². The second-order valence-corrected chi connectivity index (χ2v) is 9.75. The molecule has 0 fully saturated rings. The van der Waals surface area contributed by atoms with E-state index in [1.165, 1.54) is 11.6 Å². The highest BCUT2D eigenvalue weighted by atomic mass is 35.5. The third-order valence-electron chi connectivity index (χ3n) is 6.83. The van der Waals surface area contributed by atoms with Crippen molar-refractivity contribution in [3.8, 4) is 6.07 Å². The second-order valence-electron chi connectivity index (χ2n) is 9.34. The first kappa shape index (κ1) is 24.1. The second kappa shape index (κ2) is 10.2. The highest BCUT2D eigenvalue weighted by Crippen LogP contribution is 2.31. The number of halogens is 2. The lowest BCUT2D eigenvalue weighted by molar-refractivity contribution is 0.241. The molecule has 36 heavy (non-hydrogen) atoms. The zero-order valence-electron chi connectivity index (χ0n) is 20.1. The minimum absolute atomic E-state index is 0.114. The fourth-order valence-electron chi connectivity index (χ4n) is 4.99. The Hall–Kier alpha value is -3.60. The molecule has 0 saturated heterocycles. The third kappa shape index (κ3) is 4.88. The maximum atomic E-state index is 13.7. The van der Waals surface area contributed by atoms with E-state index in [1.54, 1.807) is 28.8 Å². The van der Waals surface area contributed by atoms with Crippen LogP contribution in [-0.4, -0.2) is 53.6 Å². The summed E-state index contributed by atoms with van der Waals surface area (Å²) >= 11 is 5.77. The average molecular weight is 504 g/mol. The first-order valence-electron chi connectivity index (χ1n) is 12.0. The number of aromatic nitrogens is 1. The van der Waals surface area contributed by atoms with Gasteiger partial charge in [-0.25, -0.2) is 9.18 Å². The molecule has 6 nitrogen and oxygen atoms in total. The quantitative estimate of drug-likeness (QED) is 0.522. The van der Waals surface area contributed by atoms with Crippen LogP contribution in [-0.2, 0) is 13.0 Å². The minimum Gasteiger partial charge on any atom is -0.380 e. The van der Waals surface area contributed by atoms with E-state index >= 15 is 0 Å². The van der Waals surface area contributed by atoms with Gasteiger partial charge in [0.05, 0.1) is 22.2 Å². The number of nitrogens with one attached hydrogen (secondary N) is 1. The summed E-state index contributed by atoms with van der Waals surface area (Å²) in [4.78, 5) is 17.8. The first-order chi connectivity index (χ1) is 17.4. The van der Waals surface area contributed by atoms with Gasteiger partial charge < -0.3 is 10.2 Å². The van der Waals surface area contributed by atoms with Crippen LogP contribution in [0.3, 0.4) is 0 Å². The van der Waals surface area contributed by atoms with Gasteiger partial charge in [0.2, 0.25) is 0 Å². The number of carbonyl (C=O) groups is 1. The van der Waals surface area contributed by atoms with Crippen molar-refractivity contribution < 1.29 is 9.18 Å². The van der Waals surface area contributed by atoms with Crippen molar-refractivity contribution >= 4 is 34.6 Å². The molecule has 2 aromatic carbocycles. The predicted molar refractivity (Wildman–Crippen MR) is 140 cm³/mol. The zero-order chi connectivity index (χ0) is 25.2. The highest BCUT2D eigenvalue weighted by Gasteiger charge is 2.26. The Kier molecular flexibility index (Phi) is 6.82. The lowest BCUT2D eigenvalue weighted by Gasteiger charge is -2.27. The van der Waals surface area contributed by atoms with E-state index in [1.807, 2.05) is 25.3 Å². The summed E-state index contributed by atoms with van der Waals surface area (Å²) in [6.45, 7) is 3.65. The minimum atomic E-state index is -0.430. The Morgan fingerprint density at radius 1 is 1.22 bits per heavy atom. The van der Waals surface area contributed by atoms with Gasteiger partial charge in [-0.05, 0) is 53.6 Å². The van der Waals surface area contributed by atoms with Gasteiger partial charge in [-0.2, -0.15) is 5.26 Å². The van der Waals surface area contributed by atoms with Crippen molar-refractivity contribution in [1.29, 1.82) is 5.26 Å². The van der Waals surface area contributed by atoms with Gasteiger partial charge in [0.25, 0.3) is 0 Å². The molecule has 1 N–H and O–H groups in total. The topological polar surface area (TPSA) is 64.3 Å². The van der Waals surface area contributed by atoms with Gasteiger partial charge in [-0.15, -0.1) is 0 Å². The monoisotopic (exact) mass is 503 g/mol. The maximum absolute atomic E-state index is 13.7. The molecular formula is C28H27ClFN5O. The summed E-state index contributed by atoms with van der Waals surface area (Å²) in [6.07, 6.45) is 7.65. The molecule has 5 rings (SSSR count). The van der Waals surface area contributed by atoms with Crippen LogP contribution >= 0.6 is 11.6 Å². The van der Waals surface area contributed by atoms with Gasteiger partial charge in [0, 0.05) is 57.3 Å². The lowest BCUT2D eigenvalue weighted by atomic mass is 10.0. The van der Waals surface area contributed by atoms with Crippen LogP contribution in [0.5, 0.6) is 0 Å². The Labute approximate surface area is 214 Å². The molecule has 0 radical (unpaired) electrons. The molecule has 2 aliphatic heterocycles. The molecule has 184 valence electrons. The summed E-state index contributed by atoms with van der Waals surface area (Å²) in [5, 5.41) is 13.6. The number of fused-ring (bicyclic) bond motifs is 3. The van der Waals surface area contributed by atoms with Crippen molar-refractivity contribution in [2.45, 2.75) is 19.4 Å². The number of rotatable bonds is 5. The van der Waals surface area contributed by atoms with Gasteiger partial charge in [-0.1, -0.05) is 35.9 Å². The van der Waals surface area contributed by atoms with Crippen molar-refractivity contribution in [2.75, 3.05) is 33.2 Å². The molecule has 1 amide bonds. The van der Waals surface area contributed by atoms with Gasteiger partial charge in [-0.3, -0.25) is 9.47 Å². The molecule has 0 bridgehead atoms. The van der Waals surface area contributed by atoms with Gasteiger partial charge >= 0.3 is 6.03 Å². The van der Waals surface area contributed by atoms with Crippen molar-refractivity contribution in [3.63, 3.8) is 0 Å². The van der Waals surface area contributed by atoms with E-state index in [2.05, 4.69) is 27.4 Å². The molecule has 0 unspecified atom stereocenters. The smallest absolute Gasteiger partial charge is 0.326 e. The SMILES string of the molecule is CN1C=C(CNC(=O)n2c3c(c4ccc(C#N)cc42)CN(C/C=C/c2ccc(Cl)c(F)c2)CC3)CC1. The molecule has 0 saturated carbocycles. The number of benzene rings is 2. The van der Waals surface area contributed by atoms with E-state index in [0.717, 1.165) is 47.2 Å². The molecule has 0 spiro atoms. The Morgan fingerprint density at radius 2 is 2.08 bits per heavy atom. The number of hydrogen-bond donors (Lipinski definition) is 1.